The van der Waals surface area contributed by atoms with E-state index < -0.39 is 0 Å². The highest BCUT2D eigenvalue weighted by molar-refractivity contribution is 5.94. The molecule has 1 aromatic rings. The number of carbonyl (C=O) groups excluding carboxylic acids is 1. The third-order valence-corrected chi connectivity index (χ3v) is 3.57. The van der Waals surface area contributed by atoms with Crippen LogP contribution in [0.3, 0.4) is 0 Å². The summed E-state index contributed by atoms with van der Waals surface area (Å²) in [4.78, 5) is 14.6. The van der Waals surface area contributed by atoms with Gasteiger partial charge in [0, 0.05) is 24.8 Å². The zero-order valence-corrected chi connectivity index (χ0v) is 13.9. The van der Waals surface area contributed by atoms with E-state index in [1.165, 1.54) is 0 Å². The van der Waals surface area contributed by atoms with Crippen molar-refractivity contribution in [3.63, 3.8) is 0 Å². The molecule has 1 unspecified atom stereocenters. The fourth-order valence-corrected chi connectivity index (χ4v) is 2.36. The molecule has 0 heterocycles. The Hall–Kier alpha value is -1.39. The molecule has 1 rings (SSSR count). The molecule has 0 bridgehead atoms. The minimum Gasteiger partial charge on any atom is -0.326 e. The van der Waals surface area contributed by atoms with Crippen LogP contribution in [0.4, 0.5) is 5.69 Å². The number of rotatable bonds is 7. The molecule has 21 heavy (non-hydrogen) atoms. The summed E-state index contributed by atoms with van der Waals surface area (Å²) >= 11 is 0. The average Bonchev–Trinajstić information content (AvgIpc) is 2.44. The lowest BCUT2D eigenvalue weighted by Crippen LogP contribution is -2.47. The molecule has 0 aliphatic heterocycles. The second kappa shape index (κ2) is 8.15. The van der Waals surface area contributed by atoms with Gasteiger partial charge in [-0.25, -0.2) is 0 Å². The quantitative estimate of drug-likeness (QED) is 0.812. The van der Waals surface area contributed by atoms with Crippen molar-refractivity contribution >= 4 is 11.6 Å². The standard InChI is InChI=1S/C17H29N3O/c1-12(2)11-20(13(3)4)14(5)17(21)19-16-8-6-15(10-18)7-9-16/h6-9,12-14H,10-11,18H2,1-5H3,(H,19,21). The molecule has 0 saturated carbocycles. The van der Waals surface area contributed by atoms with Crippen LogP contribution in [-0.4, -0.2) is 29.4 Å². The normalized spacial score (nSPS) is 13.0. The van der Waals surface area contributed by atoms with E-state index in [0.717, 1.165) is 17.8 Å². The Morgan fingerprint density at radius 3 is 2.14 bits per heavy atom. The Morgan fingerprint density at radius 2 is 1.71 bits per heavy atom. The first-order valence-electron chi connectivity index (χ1n) is 7.70. The summed E-state index contributed by atoms with van der Waals surface area (Å²) in [7, 11) is 0. The summed E-state index contributed by atoms with van der Waals surface area (Å²) in [5, 5.41) is 2.98. The van der Waals surface area contributed by atoms with Crippen molar-refractivity contribution in [2.75, 3.05) is 11.9 Å². The fourth-order valence-electron chi connectivity index (χ4n) is 2.36. The Balaban J connectivity index is 2.71. The maximum absolute atomic E-state index is 12.4. The number of benzene rings is 1. The highest BCUT2D eigenvalue weighted by Crippen LogP contribution is 2.13. The van der Waals surface area contributed by atoms with E-state index in [4.69, 9.17) is 5.73 Å². The average molecular weight is 291 g/mol. The Kier molecular flexibility index (Phi) is 6.85. The van der Waals surface area contributed by atoms with E-state index in [1.54, 1.807) is 0 Å². The highest BCUT2D eigenvalue weighted by atomic mass is 16.2. The number of hydrogen-bond acceptors (Lipinski definition) is 3. The van der Waals surface area contributed by atoms with Gasteiger partial charge in [-0.1, -0.05) is 26.0 Å². The molecule has 0 radical (unpaired) electrons. The van der Waals surface area contributed by atoms with E-state index in [9.17, 15) is 4.79 Å². The summed E-state index contributed by atoms with van der Waals surface area (Å²) in [5.74, 6) is 0.566. The number of nitrogens with one attached hydrogen (secondary N) is 1. The van der Waals surface area contributed by atoms with Gasteiger partial charge in [0.25, 0.3) is 0 Å². The molecule has 0 fully saturated rings. The number of carbonyl (C=O) groups is 1. The van der Waals surface area contributed by atoms with Gasteiger partial charge in [-0.3, -0.25) is 9.69 Å². The number of hydrogen-bond donors (Lipinski definition) is 2. The van der Waals surface area contributed by atoms with Gasteiger partial charge in [0.15, 0.2) is 0 Å². The summed E-state index contributed by atoms with van der Waals surface area (Å²) in [6, 6.07) is 7.86. The zero-order chi connectivity index (χ0) is 16.0. The van der Waals surface area contributed by atoms with Crippen LogP contribution in [0.5, 0.6) is 0 Å². The molecule has 4 heteroatoms. The predicted molar refractivity (Wildman–Crippen MR) is 89.1 cm³/mol. The van der Waals surface area contributed by atoms with Crippen molar-refractivity contribution in [3.05, 3.63) is 29.8 Å². The fraction of sp³-hybridized carbons (Fsp3) is 0.588. The number of anilines is 1. The first-order valence-corrected chi connectivity index (χ1v) is 7.70. The zero-order valence-electron chi connectivity index (χ0n) is 13.9. The second-order valence-corrected chi connectivity index (χ2v) is 6.25. The third-order valence-electron chi connectivity index (χ3n) is 3.57. The van der Waals surface area contributed by atoms with Gasteiger partial charge in [-0.05, 0) is 44.4 Å². The molecular weight excluding hydrogens is 262 g/mol. The van der Waals surface area contributed by atoms with Gasteiger partial charge in [0.2, 0.25) is 5.91 Å². The largest absolute Gasteiger partial charge is 0.326 e. The molecule has 0 saturated heterocycles. The molecular formula is C17H29N3O. The van der Waals surface area contributed by atoms with Crippen LogP contribution >= 0.6 is 0 Å². The van der Waals surface area contributed by atoms with Crippen molar-refractivity contribution in [2.24, 2.45) is 11.7 Å². The monoisotopic (exact) mass is 291 g/mol. The summed E-state index contributed by atoms with van der Waals surface area (Å²) in [5.41, 5.74) is 7.45. The first kappa shape index (κ1) is 17.7. The van der Waals surface area contributed by atoms with Crippen LogP contribution < -0.4 is 11.1 Å². The Labute approximate surface area is 128 Å². The minimum absolute atomic E-state index is 0.0323. The Morgan fingerprint density at radius 1 is 1.14 bits per heavy atom. The van der Waals surface area contributed by atoms with Crippen LogP contribution in [0.15, 0.2) is 24.3 Å². The maximum atomic E-state index is 12.4. The van der Waals surface area contributed by atoms with Crippen molar-refractivity contribution in [1.29, 1.82) is 0 Å². The summed E-state index contributed by atoms with van der Waals surface area (Å²) in [6.45, 7) is 12.0. The molecule has 0 aliphatic rings. The molecule has 1 atom stereocenters. The lowest BCUT2D eigenvalue weighted by Gasteiger charge is -2.33. The summed E-state index contributed by atoms with van der Waals surface area (Å²) < 4.78 is 0. The van der Waals surface area contributed by atoms with Gasteiger partial charge in [0.1, 0.15) is 0 Å². The third kappa shape index (κ3) is 5.48. The van der Waals surface area contributed by atoms with Crippen molar-refractivity contribution in [3.8, 4) is 0 Å². The van der Waals surface area contributed by atoms with Gasteiger partial charge < -0.3 is 11.1 Å². The minimum atomic E-state index is -0.151. The topological polar surface area (TPSA) is 58.4 Å². The van der Waals surface area contributed by atoms with E-state index in [2.05, 4.69) is 37.9 Å². The van der Waals surface area contributed by atoms with Crippen molar-refractivity contribution < 1.29 is 4.79 Å². The number of nitrogens with zero attached hydrogens (tertiary/aromatic N) is 1. The smallest absolute Gasteiger partial charge is 0.241 e. The van der Waals surface area contributed by atoms with Crippen LogP contribution in [0, 0.1) is 5.92 Å². The van der Waals surface area contributed by atoms with Gasteiger partial charge in [-0.15, -0.1) is 0 Å². The molecule has 118 valence electrons. The molecule has 4 nitrogen and oxygen atoms in total. The lowest BCUT2D eigenvalue weighted by atomic mass is 10.1. The summed E-state index contributed by atoms with van der Waals surface area (Å²) in [6.07, 6.45) is 0. The van der Waals surface area contributed by atoms with Crippen LogP contribution in [-0.2, 0) is 11.3 Å². The molecule has 0 aliphatic carbocycles. The lowest BCUT2D eigenvalue weighted by molar-refractivity contribution is -0.121. The van der Waals surface area contributed by atoms with Gasteiger partial charge >= 0.3 is 0 Å². The van der Waals surface area contributed by atoms with E-state index in [-0.39, 0.29) is 11.9 Å². The SMILES string of the molecule is CC(C)CN(C(C)C)C(C)C(=O)Nc1ccc(CN)cc1. The second-order valence-electron chi connectivity index (χ2n) is 6.25. The first-order chi connectivity index (χ1) is 9.85. The number of nitrogens with two attached hydrogens (primary N) is 1. The van der Waals surface area contributed by atoms with Gasteiger partial charge in [0.05, 0.1) is 6.04 Å². The van der Waals surface area contributed by atoms with Crippen molar-refractivity contribution in [2.45, 2.75) is 53.2 Å². The van der Waals surface area contributed by atoms with Gasteiger partial charge in [-0.2, -0.15) is 0 Å². The Bertz CT molecular complexity index is 440. The molecule has 0 spiro atoms. The van der Waals surface area contributed by atoms with E-state index in [1.807, 2.05) is 31.2 Å². The van der Waals surface area contributed by atoms with E-state index >= 15 is 0 Å². The number of amides is 1. The highest BCUT2D eigenvalue weighted by Gasteiger charge is 2.24. The van der Waals surface area contributed by atoms with Crippen molar-refractivity contribution in [1.82, 2.24) is 4.90 Å². The van der Waals surface area contributed by atoms with Crippen LogP contribution in [0.2, 0.25) is 0 Å². The van der Waals surface area contributed by atoms with E-state index in [0.29, 0.717) is 18.5 Å². The molecule has 1 amide bonds. The molecule has 1 aromatic carbocycles. The van der Waals surface area contributed by atoms with Crippen LogP contribution in [0.25, 0.3) is 0 Å². The maximum Gasteiger partial charge on any atom is 0.241 e. The molecule has 3 N–H and O–H groups in total. The predicted octanol–water partition coefficient (Wildman–Crippen LogP) is 2.84. The van der Waals surface area contributed by atoms with Crippen LogP contribution in [0.1, 0.15) is 40.2 Å². The molecule has 0 aromatic heterocycles.